The number of halogens is 2. The summed E-state index contributed by atoms with van der Waals surface area (Å²) in [5.74, 6) is -0.787. The Labute approximate surface area is 112 Å². The second-order valence-electron chi connectivity index (χ2n) is 4.60. The first-order valence-corrected chi connectivity index (χ1v) is 6.48. The maximum absolute atomic E-state index is 13.4. The molecule has 1 heterocycles. The van der Waals surface area contributed by atoms with E-state index in [1.807, 2.05) is 12.3 Å². The molecule has 0 radical (unpaired) electrons. The number of hydrogen-bond donors (Lipinski definition) is 1. The van der Waals surface area contributed by atoms with Crippen LogP contribution in [0, 0.1) is 11.6 Å². The Balaban J connectivity index is 1.87. The van der Waals surface area contributed by atoms with Gasteiger partial charge in [0.1, 0.15) is 11.6 Å². The van der Waals surface area contributed by atoms with Gasteiger partial charge in [0.2, 0.25) is 0 Å². The molecule has 1 N–H and O–H groups in total. The van der Waals surface area contributed by atoms with E-state index >= 15 is 0 Å². The summed E-state index contributed by atoms with van der Waals surface area (Å²) in [5.41, 5.74) is 1.50. The number of hydrogen-bond acceptors (Lipinski definition) is 1. The first-order chi connectivity index (χ1) is 9.19. The molecule has 0 aliphatic heterocycles. The number of nitrogens with zero attached hydrogens (tertiary/aromatic N) is 1. The molecule has 0 fully saturated rings. The Bertz CT molecular complexity index is 535. The van der Waals surface area contributed by atoms with Crippen LogP contribution in [0.15, 0.2) is 36.7 Å². The van der Waals surface area contributed by atoms with Crippen LogP contribution >= 0.6 is 0 Å². The van der Waals surface area contributed by atoms with E-state index in [2.05, 4.69) is 23.0 Å². The van der Waals surface area contributed by atoms with Gasteiger partial charge in [-0.05, 0) is 36.2 Å². The molecule has 0 saturated carbocycles. The maximum Gasteiger partial charge on any atom is 0.127 e. The highest BCUT2D eigenvalue weighted by Crippen LogP contribution is 2.10. The van der Waals surface area contributed by atoms with Gasteiger partial charge < -0.3 is 9.88 Å². The molecule has 1 aromatic heterocycles. The molecular weight excluding hydrogens is 246 g/mol. The van der Waals surface area contributed by atoms with Crippen LogP contribution in [0.1, 0.15) is 24.5 Å². The molecule has 0 unspecified atom stereocenters. The maximum atomic E-state index is 13.4. The first kappa shape index (κ1) is 13.7. The molecule has 2 rings (SSSR count). The average molecular weight is 264 g/mol. The van der Waals surface area contributed by atoms with Crippen molar-refractivity contribution in [3.8, 4) is 0 Å². The Morgan fingerprint density at radius 2 is 2.00 bits per heavy atom. The highest BCUT2D eigenvalue weighted by molar-refractivity contribution is 5.19. The van der Waals surface area contributed by atoms with Gasteiger partial charge in [0, 0.05) is 37.6 Å². The van der Waals surface area contributed by atoms with Gasteiger partial charge in [0.15, 0.2) is 0 Å². The third-order valence-corrected chi connectivity index (χ3v) is 2.95. The number of benzene rings is 1. The summed E-state index contributed by atoms with van der Waals surface area (Å²) in [6.45, 7) is 4.10. The molecule has 19 heavy (non-hydrogen) atoms. The van der Waals surface area contributed by atoms with Crippen LogP contribution < -0.4 is 5.32 Å². The minimum Gasteiger partial charge on any atom is -0.354 e. The fourth-order valence-electron chi connectivity index (χ4n) is 2.01. The number of aryl methyl sites for hydroxylation is 1. The zero-order chi connectivity index (χ0) is 13.7. The molecule has 0 aliphatic carbocycles. The molecule has 0 spiro atoms. The SMILES string of the molecule is CCCn1ccc(CNCc2cc(F)ccc2F)c1. The van der Waals surface area contributed by atoms with E-state index in [0.717, 1.165) is 30.7 Å². The predicted molar refractivity (Wildman–Crippen MR) is 71.6 cm³/mol. The molecule has 0 atom stereocenters. The van der Waals surface area contributed by atoms with Crippen LogP contribution in [0.2, 0.25) is 0 Å². The summed E-state index contributed by atoms with van der Waals surface area (Å²) in [5, 5.41) is 3.12. The highest BCUT2D eigenvalue weighted by Gasteiger charge is 2.03. The Morgan fingerprint density at radius 1 is 1.16 bits per heavy atom. The summed E-state index contributed by atoms with van der Waals surface area (Å²) in [7, 11) is 0. The van der Waals surface area contributed by atoms with Gasteiger partial charge in [-0.3, -0.25) is 0 Å². The van der Waals surface area contributed by atoms with Crippen molar-refractivity contribution in [3.05, 3.63) is 59.4 Å². The third-order valence-electron chi connectivity index (χ3n) is 2.95. The molecule has 0 amide bonds. The van der Waals surface area contributed by atoms with Gasteiger partial charge in [-0.1, -0.05) is 6.92 Å². The fourth-order valence-corrected chi connectivity index (χ4v) is 2.01. The van der Waals surface area contributed by atoms with Gasteiger partial charge in [-0.15, -0.1) is 0 Å². The molecule has 4 heteroatoms. The van der Waals surface area contributed by atoms with E-state index in [1.165, 1.54) is 6.07 Å². The molecule has 0 bridgehead atoms. The molecule has 0 saturated heterocycles. The molecule has 102 valence electrons. The predicted octanol–water partition coefficient (Wildman–Crippen LogP) is 3.47. The Kier molecular flexibility index (Phi) is 4.68. The smallest absolute Gasteiger partial charge is 0.127 e. The Morgan fingerprint density at radius 3 is 2.79 bits per heavy atom. The second kappa shape index (κ2) is 6.48. The van der Waals surface area contributed by atoms with Crippen LogP contribution in [-0.2, 0) is 19.6 Å². The minimum absolute atomic E-state index is 0.322. The lowest BCUT2D eigenvalue weighted by Gasteiger charge is -2.05. The summed E-state index contributed by atoms with van der Waals surface area (Å²) in [6, 6.07) is 5.54. The number of rotatable bonds is 6. The first-order valence-electron chi connectivity index (χ1n) is 6.48. The summed E-state index contributed by atoms with van der Waals surface area (Å²) < 4.78 is 28.5. The molecule has 0 aliphatic rings. The van der Waals surface area contributed by atoms with E-state index in [4.69, 9.17) is 0 Å². The monoisotopic (exact) mass is 264 g/mol. The van der Waals surface area contributed by atoms with Crippen molar-refractivity contribution in [1.82, 2.24) is 9.88 Å². The van der Waals surface area contributed by atoms with Gasteiger partial charge in [0.05, 0.1) is 0 Å². The Hall–Kier alpha value is -1.68. The standard InChI is InChI=1S/C15H18F2N2/c1-2-6-19-7-5-12(11-19)9-18-10-13-8-14(16)3-4-15(13)17/h3-5,7-8,11,18H,2,6,9-10H2,1H3. The largest absolute Gasteiger partial charge is 0.354 e. The van der Waals surface area contributed by atoms with Crippen LogP contribution in [0.4, 0.5) is 8.78 Å². The van der Waals surface area contributed by atoms with E-state index in [0.29, 0.717) is 18.7 Å². The van der Waals surface area contributed by atoms with Gasteiger partial charge in [0.25, 0.3) is 0 Å². The van der Waals surface area contributed by atoms with Crippen molar-refractivity contribution >= 4 is 0 Å². The molecule has 2 nitrogen and oxygen atoms in total. The summed E-state index contributed by atoms with van der Waals surface area (Å²) in [6.07, 6.45) is 5.19. The van der Waals surface area contributed by atoms with E-state index < -0.39 is 5.82 Å². The third kappa shape index (κ3) is 3.89. The molecular formula is C15H18F2N2. The lowest BCUT2D eigenvalue weighted by Crippen LogP contribution is -2.13. The zero-order valence-corrected chi connectivity index (χ0v) is 11.0. The number of aromatic nitrogens is 1. The van der Waals surface area contributed by atoms with Crippen LogP contribution in [0.3, 0.4) is 0 Å². The van der Waals surface area contributed by atoms with E-state index in [1.54, 1.807) is 0 Å². The lowest BCUT2D eigenvalue weighted by atomic mass is 10.2. The fraction of sp³-hybridized carbons (Fsp3) is 0.333. The summed E-state index contributed by atoms with van der Waals surface area (Å²) in [4.78, 5) is 0. The van der Waals surface area contributed by atoms with Crippen molar-refractivity contribution in [1.29, 1.82) is 0 Å². The van der Waals surface area contributed by atoms with Crippen LogP contribution in [-0.4, -0.2) is 4.57 Å². The van der Waals surface area contributed by atoms with E-state index in [-0.39, 0.29) is 5.82 Å². The normalized spacial score (nSPS) is 10.9. The van der Waals surface area contributed by atoms with Crippen LogP contribution in [0.25, 0.3) is 0 Å². The number of nitrogens with one attached hydrogen (secondary N) is 1. The second-order valence-corrected chi connectivity index (χ2v) is 4.60. The van der Waals surface area contributed by atoms with Crippen molar-refractivity contribution in [3.63, 3.8) is 0 Å². The molecule has 1 aromatic carbocycles. The van der Waals surface area contributed by atoms with Crippen molar-refractivity contribution in [2.45, 2.75) is 33.0 Å². The average Bonchev–Trinajstić information content (AvgIpc) is 2.82. The summed E-state index contributed by atoms with van der Waals surface area (Å²) >= 11 is 0. The van der Waals surface area contributed by atoms with Crippen molar-refractivity contribution in [2.75, 3.05) is 0 Å². The van der Waals surface area contributed by atoms with Gasteiger partial charge >= 0.3 is 0 Å². The van der Waals surface area contributed by atoms with Gasteiger partial charge in [-0.25, -0.2) is 8.78 Å². The van der Waals surface area contributed by atoms with Crippen LogP contribution in [0.5, 0.6) is 0 Å². The highest BCUT2D eigenvalue weighted by atomic mass is 19.1. The van der Waals surface area contributed by atoms with Gasteiger partial charge in [-0.2, -0.15) is 0 Å². The quantitative estimate of drug-likeness (QED) is 0.845. The minimum atomic E-state index is -0.410. The van der Waals surface area contributed by atoms with Crippen molar-refractivity contribution in [2.24, 2.45) is 0 Å². The van der Waals surface area contributed by atoms with Crippen molar-refractivity contribution < 1.29 is 8.78 Å². The lowest BCUT2D eigenvalue weighted by molar-refractivity contribution is 0.568. The zero-order valence-electron chi connectivity index (χ0n) is 11.0. The van der Waals surface area contributed by atoms with E-state index in [9.17, 15) is 8.78 Å². The molecule has 2 aromatic rings. The topological polar surface area (TPSA) is 17.0 Å².